The van der Waals surface area contributed by atoms with Crippen molar-refractivity contribution in [3.8, 4) is 5.75 Å². The Kier molecular flexibility index (Phi) is 6.69. The largest absolute Gasteiger partial charge is 0.483 e. The van der Waals surface area contributed by atoms with E-state index >= 15 is 0 Å². The molecule has 3 aromatic rings. The molecule has 2 N–H and O–H groups in total. The average Bonchev–Trinajstić information content (AvgIpc) is 3.11. The lowest BCUT2D eigenvalue weighted by Gasteiger charge is -2.09. The number of halogens is 3. The third-order valence-electron chi connectivity index (χ3n) is 3.67. The molecule has 0 aliphatic heterocycles. The number of hydrogen-bond donors (Lipinski definition) is 2. The van der Waals surface area contributed by atoms with Crippen LogP contribution in [0.5, 0.6) is 5.75 Å². The second-order valence-electron chi connectivity index (χ2n) is 5.97. The van der Waals surface area contributed by atoms with Crippen molar-refractivity contribution in [2.45, 2.75) is 13.5 Å². The molecule has 0 saturated carbocycles. The standard InChI is InChI=1S/C20H15Cl3N2O4/c1-11(26)24-13-2-4-14(5-3-13)25-20(27)18-7-6-15(29-18)10-28-19-16(22)8-12(21)9-17(19)23/h2-9H,10H2,1H3,(H,24,26)(H,25,27). The number of furan rings is 1. The maximum absolute atomic E-state index is 12.3. The number of ether oxygens (including phenoxy) is 1. The minimum absolute atomic E-state index is 0.0275. The molecule has 0 fully saturated rings. The fraction of sp³-hybridized carbons (Fsp3) is 0.100. The molecule has 0 saturated heterocycles. The maximum atomic E-state index is 12.3. The van der Waals surface area contributed by atoms with Crippen molar-refractivity contribution in [1.29, 1.82) is 0 Å². The van der Waals surface area contributed by atoms with Gasteiger partial charge in [-0.1, -0.05) is 34.8 Å². The van der Waals surface area contributed by atoms with Crippen LogP contribution in [0.1, 0.15) is 23.2 Å². The molecule has 0 spiro atoms. The van der Waals surface area contributed by atoms with Gasteiger partial charge in [0.2, 0.25) is 5.91 Å². The summed E-state index contributed by atoms with van der Waals surface area (Å²) >= 11 is 18.0. The summed E-state index contributed by atoms with van der Waals surface area (Å²) in [5.74, 6) is 0.208. The molecule has 0 bridgehead atoms. The zero-order valence-corrected chi connectivity index (χ0v) is 17.4. The first-order chi connectivity index (χ1) is 13.8. The van der Waals surface area contributed by atoms with Gasteiger partial charge in [-0.2, -0.15) is 0 Å². The van der Waals surface area contributed by atoms with Gasteiger partial charge in [-0.05, 0) is 48.5 Å². The van der Waals surface area contributed by atoms with Gasteiger partial charge in [0.05, 0.1) is 10.0 Å². The Morgan fingerprint density at radius 1 is 0.931 bits per heavy atom. The zero-order chi connectivity index (χ0) is 21.0. The number of amides is 2. The number of anilines is 2. The minimum Gasteiger partial charge on any atom is -0.483 e. The van der Waals surface area contributed by atoms with Crippen molar-refractivity contribution in [2.75, 3.05) is 10.6 Å². The Labute approximate surface area is 181 Å². The van der Waals surface area contributed by atoms with Crippen LogP contribution in [0.4, 0.5) is 11.4 Å². The number of rotatable bonds is 6. The van der Waals surface area contributed by atoms with Crippen LogP contribution in [0.3, 0.4) is 0 Å². The van der Waals surface area contributed by atoms with E-state index in [1.54, 1.807) is 30.3 Å². The van der Waals surface area contributed by atoms with E-state index in [0.717, 1.165) is 0 Å². The van der Waals surface area contributed by atoms with E-state index in [1.807, 2.05) is 0 Å². The van der Waals surface area contributed by atoms with E-state index in [0.29, 0.717) is 22.2 Å². The number of hydrogen-bond acceptors (Lipinski definition) is 4. The molecule has 0 atom stereocenters. The van der Waals surface area contributed by atoms with Gasteiger partial charge in [0.25, 0.3) is 5.91 Å². The van der Waals surface area contributed by atoms with E-state index in [-0.39, 0.29) is 34.1 Å². The Balaban J connectivity index is 1.61. The summed E-state index contributed by atoms with van der Waals surface area (Å²) in [6.07, 6.45) is 0. The average molecular weight is 454 g/mol. The van der Waals surface area contributed by atoms with Crippen molar-refractivity contribution in [2.24, 2.45) is 0 Å². The van der Waals surface area contributed by atoms with Crippen molar-refractivity contribution in [1.82, 2.24) is 0 Å². The first-order valence-corrected chi connectivity index (χ1v) is 9.50. The second-order valence-corrected chi connectivity index (χ2v) is 7.22. The smallest absolute Gasteiger partial charge is 0.291 e. The lowest BCUT2D eigenvalue weighted by Crippen LogP contribution is -2.11. The number of carbonyl (C=O) groups excluding carboxylic acids is 2. The van der Waals surface area contributed by atoms with Gasteiger partial charge < -0.3 is 19.8 Å². The van der Waals surface area contributed by atoms with Crippen LogP contribution in [0, 0.1) is 0 Å². The molecule has 9 heteroatoms. The van der Waals surface area contributed by atoms with Gasteiger partial charge in [-0.15, -0.1) is 0 Å². The van der Waals surface area contributed by atoms with Crippen LogP contribution >= 0.6 is 34.8 Å². The predicted molar refractivity (Wildman–Crippen MR) is 113 cm³/mol. The van der Waals surface area contributed by atoms with E-state index in [2.05, 4.69) is 10.6 Å². The Morgan fingerprint density at radius 3 is 2.10 bits per heavy atom. The Bertz CT molecular complexity index is 1030. The predicted octanol–water partition coefficient (Wildman–Crippen LogP) is 6.03. The van der Waals surface area contributed by atoms with Crippen LogP contribution in [0.25, 0.3) is 0 Å². The first-order valence-electron chi connectivity index (χ1n) is 8.37. The molecule has 3 rings (SSSR count). The summed E-state index contributed by atoms with van der Waals surface area (Å²) in [5.41, 5.74) is 1.19. The summed E-state index contributed by atoms with van der Waals surface area (Å²) in [6, 6.07) is 12.9. The number of carbonyl (C=O) groups is 2. The van der Waals surface area contributed by atoms with Crippen molar-refractivity contribution in [3.63, 3.8) is 0 Å². The first kappa shape index (κ1) is 21.0. The molecular weight excluding hydrogens is 439 g/mol. The third kappa shape index (κ3) is 5.67. The van der Waals surface area contributed by atoms with Crippen LogP contribution in [-0.4, -0.2) is 11.8 Å². The Hall–Kier alpha value is -2.67. The second kappa shape index (κ2) is 9.22. The fourth-order valence-electron chi connectivity index (χ4n) is 2.42. The molecule has 0 aliphatic rings. The van der Waals surface area contributed by atoms with Crippen LogP contribution in [-0.2, 0) is 11.4 Å². The highest BCUT2D eigenvalue weighted by Gasteiger charge is 2.14. The maximum Gasteiger partial charge on any atom is 0.291 e. The van der Waals surface area contributed by atoms with Crippen molar-refractivity contribution < 1.29 is 18.7 Å². The van der Waals surface area contributed by atoms with Gasteiger partial charge in [-0.3, -0.25) is 9.59 Å². The summed E-state index contributed by atoms with van der Waals surface area (Å²) in [4.78, 5) is 23.4. The van der Waals surface area contributed by atoms with E-state index in [9.17, 15) is 9.59 Å². The molecular formula is C20H15Cl3N2O4. The van der Waals surface area contributed by atoms with Crippen LogP contribution < -0.4 is 15.4 Å². The minimum atomic E-state index is -0.425. The van der Waals surface area contributed by atoms with Crippen LogP contribution in [0.15, 0.2) is 52.9 Å². The van der Waals surface area contributed by atoms with E-state index < -0.39 is 5.91 Å². The molecule has 6 nitrogen and oxygen atoms in total. The van der Waals surface area contributed by atoms with E-state index in [1.165, 1.54) is 25.1 Å². The molecule has 1 heterocycles. The highest BCUT2D eigenvalue weighted by molar-refractivity contribution is 6.40. The fourth-order valence-corrected chi connectivity index (χ4v) is 3.35. The topological polar surface area (TPSA) is 80.6 Å². The molecule has 2 aromatic carbocycles. The van der Waals surface area contributed by atoms with Gasteiger partial charge in [0.1, 0.15) is 12.4 Å². The number of benzene rings is 2. The third-order valence-corrected chi connectivity index (χ3v) is 4.45. The molecule has 150 valence electrons. The SMILES string of the molecule is CC(=O)Nc1ccc(NC(=O)c2ccc(COc3c(Cl)cc(Cl)cc3Cl)o2)cc1. The molecule has 0 radical (unpaired) electrons. The molecule has 0 aliphatic carbocycles. The Morgan fingerprint density at radius 2 is 1.52 bits per heavy atom. The summed E-state index contributed by atoms with van der Waals surface area (Å²) in [6.45, 7) is 1.45. The lowest BCUT2D eigenvalue weighted by molar-refractivity contribution is -0.114. The normalized spacial score (nSPS) is 10.5. The van der Waals surface area contributed by atoms with Crippen molar-refractivity contribution in [3.05, 3.63) is 75.1 Å². The monoisotopic (exact) mass is 452 g/mol. The highest BCUT2D eigenvalue weighted by atomic mass is 35.5. The molecule has 29 heavy (non-hydrogen) atoms. The van der Waals surface area contributed by atoms with Gasteiger partial charge in [0, 0.05) is 23.3 Å². The molecule has 0 unspecified atom stereocenters. The van der Waals surface area contributed by atoms with Crippen LogP contribution in [0.2, 0.25) is 15.1 Å². The molecule has 2 amide bonds. The van der Waals surface area contributed by atoms with E-state index in [4.69, 9.17) is 44.0 Å². The lowest BCUT2D eigenvalue weighted by atomic mass is 10.2. The van der Waals surface area contributed by atoms with Gasteiger partial charge >= 0.3 is 0 Å². The highest BCUT2D eigenvalue weighted by Crippen LogP contribution is 2.36. The summed E-state index contributed by atoms with van der Waals surface area (Å²) in [5, 5.41) is 6.30. The van der Waals surface area contributed by atoms with Crippen molar-refractivity contribution >= 4 is 58.0 Å². The quantitative estimate of drug-likeness (QED) is 0.477. The van der Waals surface area contributed by atoms with Gasteiger partial charge in [0.15, 0.2) is 11.5 Å². The summed E-state index contributed by atoms with van der Waals surface area (Å²) < 4.78 is 11.1. The summed E-state index contributed by atoms with van der Waals surface area (Å²) in [7, 11) is 0. The number of nitrogens with one attached hydrogen (secondary N) is 2. The molecule has 1 aromatic heterocycles. The van der Waals surface area contributed by atoms with Gasteiger partial charge in [-0.25, -0.2) is 0 Å². The zero-order valence-electron chi connectivity index (χ0n) is 15.1.